The average Bonchev–Trinajstić information content (AvgIpc) is 2.55. The molecule has 1 heterocycles. The Morgan fingerprint density at radius 2 is 2.38 bits per heavy atom. The molecule has 2 unspecified atom stereocenters. The first kappa shape index (κ1) is 13.6. The number of nitrogens with one attached hydrogen (secondary N) is 1. The van der Waals surface area contributed by atoms with Crippen LogP contribution in [-0.4, -0.2) is 46.5 Å². The van der Waals surface area contributed by atoms with Crippen LogP contribution < -0.4 is 11.1 Å². The molecular formula is C10H20N2O3S. The highest BCUT2D eigenvalue weighted by molar-refractivity contribution is 7.94. The smallest absolute Gasteiger partial charge is 0.173 e. The van der Waals surface area contributed by atoms with Gasteiger partial charge in [0.15, 0.2) is 9.84 Å². The summed E-state index contributed by atoms with van der Waals surface area (Å²) in [6.07, 6.45) is 3.50. The standard InChI is InChI=1S/C10H20N2O3S/c1-15-7-9(3-2-5-11)12-10-4-6-16(13,14)8-10/h4,6,9-10,12H,2-3,5,7-8,11H2,1H3. The maximum Gasteiger partial charge on any atom is 0.173 e. The number of nitrogens with two attached hydrogens (primary N) is 1. The van der Waals surface area contributed by atoms with Crippen molar-refractivity contribution in [3.63, 3.8) is 0 Å². The van der Waals surface area contributed by atoms with Gasteiger partial charge in [0.25, 0.3) is 0 Å². The van der Waals surface area contributed by atoms with Crippen LogP contribution in [0.25, 0.3) is 0 Å². The molecule has 0 saturated heterocycles. The molecule has 0 aromatic rings. The monoisotopic (exact) mass is 248 g/mol. The minimum absolute atomic E-state index is 0.0945. The van der Waals surface area contributed by atoms with Crippen molar-refractivity contribution in [3.05, 3.63) is 11.5 Å². The predicted octanol–water partition coefficient (Wildman–Crippen LogP) is -0.359. The summed E-state index contributed by atoms with van der Waals surface area (Å²) in [6.45, 7) is 1.21. The van der Waals surface area contributed by atoms with Gasteiger partial charge in [0.1, 0.15) is 0 Å². The molecule has 0 aliphatic carbocycles. The SMILES string of the molecule is COCC(CCCN)NC1C=CS(=O)(=O)C1. The summed E-state index contributed by atoms with van der Waals surface area (Å²) >= 11 is 0. The van der Waals surface area contributed by atoms with Crippen LogP contribution in [0.1, 0.15) is 12.8 Å². The highest BCUT2D eigenvalue weighted by Gasteiger charge is 2.23. The van der Waals surface area contributed by atoms with E-state index >= 15 is 0 Å². The third kappa shape index (κ3) is 4.61. The normalized spacial score (nSPS) is 24.8. The van der Waals surface area contributed by atoms with E-state index in [0.29, 0.717) is 13.2 Å². The summed E-state index contributed by atoms with van der Waals surface area (Å²) in [5.74, 6) is 0.149. The zero-order valence-corrected chi connectivity index (χ0v) is 10.4. The van der Waals surface area contributed by atoms with Gasteiger partial charge in [-0.1, -0.05) is 6.08 Å². The second-order valence-corrected chi connectivity index (χ2v) is 5.95. The Hall–Kier alpha value is -0.430. The van der Waals surface area contributed by atoms with E-state index in [1.165, 1.54) is 5.41 Å². The molecule has 0 spiro atoms. The van der Waals surface area contributed by atoms with Gasteiger partial charge in [-0.05, 0) is 19.4 Å². The van der Waals surface area contributed by atoms with E-state index in [9.17, 15) is 8.42 Å². The van der Waals surface area contributed by atoms with Crippen LogP contribution in [0.4, 0.5) is 0 Å². The van der Waals surface area contributed by atoms with Crippen LogP contribution in [-0.2, 0) is 14.6 Å². The third-order valence-corrected chi connectivity index (χ3v) is 3.90. The van der Waals surface area contributed by atoms with E-state index in [-0.39, 0.29) is 17.8 Å². The molecule has 2 atom stereocenters. The Morgan fingerprint density at radius 1 is 1.62 bits per heavy atom. The Kier molecular flexibility index (Phi) is 5.40. The van der Waals surface area contributed by atoms with Crippen molar-refractivity contribution in [2.45, 2.75) is 24.9 Å². The summed E-state index contributed by atoms with van der Waals surface area (Å²) in [5.41, 5.74) is 5.45. The molecule has 0 radical (unpaired) electrons. The molecule has 94 valence electrons. The summed E-state index contributed by atoms with van der Waals surface area (Å²) in [6, 6.07) is 0.0689. The average molecular weight is 248 g/mol. The first-order valence-electron chi connectivity index (χ1n) is 5.43. The van der Waals surface area contributed by atoms with Gasteiger partial charge in [-0.25, -0.2) is 8.42 Å². The molecule has 0 fully saturated rings. The van der Waals surface area contributed by atoms with E-state index in [4.69, 9.17) is 10.5 Å². The maximum atomic E-state index is 11.2. The van der Waals surface area contributed by atoms with Crippen LogP contribution in [0, 0.1) is 0 Å². The van der Waals surface area contributed by atoms with Crippen LogP contribution in [0.15, 0.2) is 11.5 Å². The van der Waals surface area contributed by atoms with Gasteiger partial charge in [-0.2, -0.15) is 0 Å². The second kappa shape index (κ2) is 6.34. The van der Waals surface area contributed by atoms with Crippen molar-refractivity contribution < 1.29 is 13.2 Å². The molecule has 1 rings (SSSR count). The van der Waals surface area contributed by atoms with Gasteiger partial charge in [0.05, 0.1) is 12.4 Å². The van der Waals surface area contributed by atoms with E-state index < -0.39 is 9.84 Å². The van der Waals surface area contributed by atoms with Gasteiger partial charge >= 0.3 is 0 Å². The largest absolute Gasteiger partial charge is 0.383 e. The minimum atomic E-state index is -2.99. The molecule has 0 amide bonds. The quantitative estimate of drug-likeness (QED) is 0.643. The second-order valence-electron chi connectivity index (χ2n) is 4.01. The zero-order valence-electron chi connectivity index (χ0n) is 9.56. The molecule has 1 aliphatic heterocycles. The number of sulfone groups is 1. The van der Waals surface area contributed by atoms with E-state index in [1.807, 2.05) is 0 Å². The molecule has 0 bridgehead atoms. The van der Waals surface area contributed by atoms with Crippen molar-refractivity contribution in [3.8, 4) is 0 Å². The van der Waals surface area contributed by atoms with Gasteiger partial charge < -0.3 is 15.8 Å². The highest BCUT2D eigenvalue weighted by Crippen LogP contribution is 2.10. The maximum absolute atomic E-state index is 11.2. The van der Waals surface area contributed by atoms with Crippen LogP contribution >= 0.6 is 0 Å². The van der Waals surface area contributed by atoms with Crippen molar-refractivity contribution >= 4 is 9.84 Å². The Balaban J connectivity index is 2.40. The third-order valence-electron chi connectivity index (χ3n) is 2.50. The minimum Gasteiger partial charge on any atom is -0.383 e. The van der Waals surface area contributed by atoms with Crippen molar-refractivity contribution in [1.29, 1.82) is 0 Å². The fourth-order valence-corrected chi connectivity index (χ4v) is 3.01. The zero-order chi connectivity index (χ0) is 12.0. The van der Waals surface area contributed by atoms with Crippen LogP contribution in [0.3, 0.4) is 0 Å². The summed E-state index contributed by atoms with van der Waals surface area (Å²) in [7, 11) is -1.35. The lowest BCUT2D eigenvalue weighted by atomic mass is 10.1. The molecule has 16 heavy (non-hydrogen) atoms. The summed E-state index contributed by atoms with van der Waals surface area (Å²) in [4.78, 5) is 0. The lowest BCUT2D eigenvalue weighted by molar-refractivity contribution is 0.159. The van der Waals surface area contributed by atoms with E-state index in [1.54, 1.807) is 13.2 Å². The molecule has 0 saturated carbocycles. The topological polar surface area (TPSA) is 81.4 Å². The molecule has 6 heteroatoms. The Labute approximate surface area is 97.0 Å². The van der Waals surface area contributed by atoms with Gasteiger partial charge in [-0.15, -0.1) is 0 Å². The Bertz CT molecular complexity index is 327. The van der Waals surface area contributed by atoms with Crippen LogP contribution in [0.2, 0.25) is 0 Å². The van der Waals surface area contributed by atoms with Gasteiger partial charge in [0.2, 0.25) is 0 Å². The molecule has 5 nitrogen and oxygen atoms in total. The number of hydrogen-bond donors (Lipinski definition) is 2. The number of ether oxygens (including phenoxy) is 1. The van der Waals surface area contributed by atoms with E-state index in [0.717, 1.165) is 12.8 Å². The first-order valence-corrected chi connectivity index (χ1v) is 7.15. The first-order chi connectivity index (χ1) is 7.57. The van der Waals surface area contributed by atoms with Gasteiger partial charge in [0, 0.05) is 24.6 Å². The lowest BCUT2D eigenvalue weighted by Gasteiger charge is -2.20. The lowest BCUT2D eigenvalue weighted by Crippen LogP contribution is -2.41. The fourth-order valence-electron chi connectivity index (χ4n) is 1.76. The van der Waals surface area contributed by atoms with Gasteiger partial charge in [-0.3, -0.25) is 0 Å². The number of methoxy groups -OCH3 is 1. The fraction of sp³-hybridized carbons (Fsp3) is 0.800. The van der Waals surface area contributed by atoms with Crippen molar-refractivity contribution in [2.75, 3.05) is 26.0 Å². The highest BCUT2D eigenvalue weighted by atomic mass is 32.2. The van der Waals surface area contributed by atoms with Crippen molar-refractivity contribution in [2.24, 2.45) is 5.73 Å². The van der Waals surface area contributed by atoms with Crippen LogP contribution in [0.5, 0.6) is 0 Å². The number of hydrogen-bond acceptors (Lipinski definition) is 5. The molecule has 3 N–H and O–H groups in total. The molecule has 0 aromatic heterocycles. The molecule has 0 aromatic carbocycles. The summed E-state index contributed by atoms with van der Waals surface area (Å²) in [5, 5.41) is 4.54. The predicted molar refractivity (Wildman–Crippen MR) is 63.8 cm³/mol. The molecule has 1 aliphatic rings. The number of rotatable bonds is 7. The molecular weight excluding hydrogens is 228 g/mol. The van der Waals surface area contributed by atoms with E-state index in [2.05, 4.69) is 5.32 Å². The summed E-state index contributed by atoms with van der Waals surface area (Å²) < 4.78 is 27.5. The Morgan fingerprint density at radius 3 is 2.88 bits per heavy atom. The van der Waals surface area contributed by atoms with Crippen molar-refractivity contribution in [1.82, 2.24) is 5.32 Å².